The zero-order chi connectivity index (χ0) is 22.5. The molecule has 4 aromatic rings. The van der Waals surface area contributed by atoms with E-state index in [2.05, 4.69) is 87.4 Å². The second-order valence-corrected chi connectivity index (χ2v) is 10.6. The molecule has 32 heavy (non-hydrogen) atoms. The van der Waals surface area contributed by atoms with Gasteiger partial charge in [-0.1, -0.05) is 45.2 Å². The summed E-state index contributed by atoms with van der Waals surface area (Å²) in [6.45, 7) is 5.31. The fourth-order valence-electron chi connectivity index (χ4n) is 3.74. The van der Waals surface area contributed by atoms with Crippen LogP contribution in [0.5, 0.6) is 5.75 Å². The minimum atomic E-state index is 0.638. The summed E-state index contributed by atoms with van der Waals surface area (Å²) in [5.41, 5.74) is 3.50. The van der Waals surface area contributed by atoms with E-state index in [0.717, 1.165) is 22.9 Å². The number of hydrogen-bond acceptors (Lipinski definition) is 5. The molecule has 0 spiro atoms. The van der Waals surface area contributed by atoms with Crippen molar-refractivity contribution < 1.29 is 4.74 Å². The Bertz CT molecular complexity index is 1140. The van der Waals surface area contributed by atoms with E-state index < -0.39 is 0 Å². The molecule has 0 amide bonds. The highest BCUT2D eigenvalue weighted by molar-refractivity contribution is 7.26. The molecule has 0 bridgehead atoms. The van der Waals surface area contributed by atoms with Crippen LogP contribution in [0.1, 0.15) is 39.5 Å². The number of benzene rings is 2. The van der Waals surface area contributed by atoms with E-state index >= 15 is 0 Å². The van der Waals surface area contributed by atoms with Crippen molar-refractivity contribution in [2.75, 3.05) is 25.6 Å². The van der Waals surface area contributed by atoms with Gasteiger partial charge in [-0.3, -0.25) is 0 Å². The van der Waals surface area contributed by atoms with Gasteiger partial charge in [-0.2, -0.15) is 0 Å². The lowest BCUT2D eigenvalue weighted by atomic mass is 10.0. The second kappa shape index (κ2) is 10.5. The first-order chi connectivity index (χ1) is 15.6. The molecule has 5 heteroatoms. The van der Waals surface area contributed by atoms with Crippen LogP contribution in [-0.4, -0.2) is 25.7 Å². The van der Waals surface area contributed by atoms with Crippen molar-refractivity contribution in [3.8, 4) is 26.1 Å². The normalized spacial score (nSPS) is 12.2. The predicted octanol–water partition coefficient (Wildman–Crippen LogP) is 8.35. The third kappa shape index (κ3) is 5.33. The van der Waals surface area contributed by atoms with Gasteiger partial charge in [-0.25, -0.2) is 4.98 Å². The lowest BCUT2D eigenvalue weighted by Gasteiger charge is -2.15. The number of anilines is 1. The van der Waals surface area contributed by atoms with Gasteiger partial charge in [0.25, 0.3) is 0 Å². The quantitative estimate of drug-likeness (QED) is 0.236. The highest BCUT2D eigenvalue weighted by Gasteiger charge is 2.12. The molecule has 168 valence electrons. The van der Waals surface area contributed by atoms with E-state index in [-0.39, 0.29) is 0 Å². The largest absolute Gasteiger partial charge is 0.493 e. The van der Waals surface area contributed by atoms with Crippen LogP contribution in [0.4, 0.5) is 5.69 Å². The Morgan fingerprint density at radius 1 is 0.938 bits per heavy atom. The van der Waals surface area contributed by atoms with Gasteiger partial charge in [-0.15, -0.1) is 22.7 Å². The number of ether oxygens (including phenoxy) is 1. The monoisotopic (exact) mass is 464 g/mol. The number of unbranched alkanes of at least 4 members (excludes halogenated alkanes) is 1. The van der Waals surface area contributed by atoms with Crippen LogP contribution in [0.3, 0.4) is 0 Å². The van der Waals surface area contributed by atoms with Gasteiger partial charge in [0, 0.05) is 24.7 Å². The number of rotatable bonds is 10. The number of hydrogen-bond donors (Lipinski definition) is 0. The summed E-state index contributed by atoms with van der Waals surface area (Å²) >= 11 is 3.55. The van der Waals surface area contributed by atoms with Gasteiger partial charge in [0.1, 0.15) is 10.8 Å². The number of thiazole rings is 1. The van der Waals surface area contributed by atoms with Crippen molar-refractivity contribution in [1.29, 1.82) is 0 Å². The van der Waals surface area contributed by atoms with E-state index in [4.69, 9.17) is 9.72 Å². The second-order valence-electron chi connectivity index (χ2n) is 8.48. The lowest BCUT2D eigenvalue weighted by molar-refractivity contribution is 0.233. The standard InChI is InChI=1S/C27H32N2OS2/c1-5-7-8-19(6-2)18-30-22-13-14-23-26(17-22)32-27(28-23)25-16-15-24(31-25)20-9-11-21(12-10-20)29(3)4/h9-17,19H,5-8,18H2,1-4H3. The van der Waals surface area contributed by atoms with Gasteiger partial charge in [0.05, 0.1) is 21.7 Å². The van der Waals surface area contributed by atoms with E-state index in [1.54, 1.807) is 22.7 Å². The molecule has 0 fully saturated rings. The van der Waals surface area contributed by atoms with Gasteiger partial charge in [0.2, 0.25) is 0 Å². The van der Waals surface area contributed by atoms with Crippen LogP contribution >= 0.6 is 22.7 Å². The van der Waals surface area contributed by atoms with Crippen LogP contribution in [0, 0.1) is 5.92 Å². The molecule has 0 aliphatic rings. The molecule has 2 aromatic heterocycles. The molecule has 3 nitrogen and oxygen atoms in total. The van der Waals surface area contributed by atoms with Crippen molar-refractivity contribution in [1.82, 2.24) is 4.98 Å². The van der Waals surface area contributed by atoms with E-state index in [0.29, 0.717) is 5.92 Å². The topological polar surface area (TPSA) is 25.4 Å². The molecule has 0 aliphatic carbocycles. The van der Waals surface area contributed by atoms with Crippen molar-refractivity contribution >= 4 is 38.6 Å². The zero-order valence-corrected chi connectivity index (χ0v) is 21.1. The first kappa shape index (κ1) is 22.8. The summed E-state index contributed by atoms with van der Waals surface area (Å²) in [7, 11) is 4.13. The van der Waals surface area contributed by atoms with Gasteiger partial charge >= 0.3 is 0 Å². The van der Waals surface area contributed by atoms with Crippen molar-refractivity contribution in [3.05, 3.63) is 54.6 Å². The van der Waals surface area contributed by atoms with Crippen LogP contribution < -0.4 is 9.64 Å². The van der Waals surface area contributed by atoms with Crippen LogP contribution in [0.15, 0.2) is 54.6 Å². The summed E-state index contributed by atoms with van der Waals surface area (Å²) in [5.74, 6) is 1.59. The molecular formula is C27H32N2OS2. The minimum Gasteiger partial charge on any atom is -0.493 e. The van der Waals surface area contributed by atoms with E-state index in [9.17, 15) is 0 Å². The molecule has 0 saturated heterocycles. The highest BCUT2D eigenvalue weighted by Crippen LogP contribution is 2.39. The Morgan fingerprint density at radius 3 is 2.44 bits per heavy atom. The third-order valence-electron chi connectivity index (χ3n) is 5.87. The first-order valence-electron chi connectivity index (χ1n) is 11.5. The van der Waals surface area contributed by atoms with Crippen molar-refractivity contribution in [2.45, 2.75) is 39.5 Å². The first-order valence-corrected chi connectivity index (χ1v) is 13.1. The molecule has 2 heterocycles. The summed E-state index contributed by atoms with van der Waals surface area (Å²) < 4.78 is 7.33. The molecule has 0 N–H and O–H groups in total. The fraction of sp³-hybridized carbons (Fsp3) is 0.370. The maximum absolute atomic E-state index is 6.15. The average Bonchev–Trinajstić information content (AvgIpc) is 3.46. The van der Waals surface area contributed by atoms with Crippen LogP contribution in [0.2, 0.25) is 0 Å². The number of fused-ring (bicyclic) bond motifs is 1. The smallest absolute Gasteiger partial charge is 0.134 e. The SMILES string of the molecule is CCCCC(CC)COc1ccc2nc(-c3ccc(-c4ccc(N(C)C)cc4)s3)sc2c1. The van der Waals surface area contributed by atoms with Gasteiger partial charge in [0.15, 0.2) is 0 Å². The van der Waals surface area contributed by atoms with E-state index in [1.165, 1.54) is 51.4 Å². The average molecular weight is 465 g/mol. The Balaban J connectivity index is 1.48. The zero-order valence-electron chi connectivity index (χ0n) is 19.4. The Kier molecular flexibility index (Phi) is 7.48. The Labute approximate surface area is 199 Å². The van der Waals surface area contributed by atoms with Crippen LogP contribution in [-0.2, 0) is 0 Å². The maximum atomic E-state index is 6.15. The molecule has 0 saturated carbocycles. The molecule has 2 aromatic carbocycles. The minimum absolute atomic E-state index is 0.638. The summed E-state index contributed by atoms with van der Waals surface area (Å²) in [6, 6.07) is 19.4. The highest BCUT2D eigenvalue weighted by atomic mass is 32.1. The van der Waals surface area contributed by atoms with Gasteiger partial charge in [-0.05, 0) is 60.4 Å². The molecule has 1 atom stereocenters. The summed E-state index contributed by atoms with van der Waals surface area (Å²) in [5, 5.41) is 1.08. The fourth-order valence-corrected chi connectivity index (χ4v) is 5.80. The number of nitrogens with zero attached hydrogens (tertiary/aromatic N) is 2. The predicted molar refractivity (Wildman–Crippen MR) is 141 cm³/mol. The third-order valence-corrected chi connectivity index (χ3v) is 8.20. The summed E-state index contributed by atoms with van der Waals surface area (Å²) in [6.07, 6.45) is 4.95. The molecule has 0 radical (unpaired) electrons. The van der Waals surface area contributed by atoms with E-state index in [1.807, 2.05) is 0 Å². The summed E-state index contributed by atoms with van der Waals surface area (Å²) in [4.78, 5) is 9.49. The molecule has 0 aliphatic heterocycles. The maximum Gasteiger partial charge on any atom is 0.134 e. The molecule has 1 unspecified atom stereocenters. The van der Waals surface area contributed by atoms with Crippen molar-refractivity contribution in [2.24, 2.45) is 5.92 Å². The van der Waals surface area contributed by atoms with Gasteiger partial charge < -0.3 is 9.64 Å². The number of thiophene rings is 1. The number of aromatic nitrogens is 1. The van der Waals surface area contributed by atoms with Crippen LogP contribution in [0.25, 0.3) is 30.5 Å². The molecular weight excluding hydrogens is 432 g/mol. The Morgan fingerprint density at radius 2 is 1.72 bits per heavy atom. The van der Waals surface area contributed by atoms with Crippen molar-refractivity contribution in [3.63, 3.8) is 0 Å². The Hall–Kier alpha value is -2.37. The lowest BCUT2D eigenvalue weighted by Crippen LogP contribution is -2.11. The molecule has 4 rings (SSSR count).